The Balaban J connectivity index is 1.65. The number of hydrogen-bond acceptors (Lipinski definition) is 3. The summed E-state index contributed by atoms with van der Waals surface area (Å²) < 4.78 is 15.4. The third-order valence-corrected chi connectivity index (χ3v) is 5.57. The van der Waals surface area contributed by atoms with Crippen LogP contribution in [-0.4, -0.2) is 15.5 Å². The molecule has 1 aromatic heterocycles. The lowest BCUT2D eigenvalue weighted by Crippen LogP contribution is -2.30. The van der Waals surface area contributed by atoms with Crippen LogP contribution in [0.25, 0.3) is 11.0 Å². The second-order valence-corrected chi connectivity index (χ2v) is 7.73. The molecular formula is C25H21FN4O. The van der Waals surface area contributed by atoms with Crippen molar-refractivity contribution in [3.8, 4) is 0 Å². The number of amides is 1. The number of aromatic nitrogens is 2. The normalized spacial score (nSPS) is 15.5. The van der Waals surface area contributed by atoms with E-state index in [4.69, 9.17) is 4.98 Å². The summed E-state index contributed by atoms with van der Waals surface area (Å²) in [4.78, 5) is 18.2. The van der Waals surface area contributed by atoms with Crippen molar-refractivity contribution in [2.24, 2.45) is 0 Å². The quantitative estimate of drug-likeness (QED) is 0.473. The molecule has 0 bridgehead atoms. The van der Waals surface area contributed by atoms with E-state index in [2.05, 4.69) is 15.2 Å². The molecule has 1 aliphatic heterocycles. The first-order chi connectivity index (χ1) is 15.0. The van der Waals surface area contributed by atoms with E-state index in [1.807, 2.05) is 62.4 Å². The molecule has 6 heteroatoms. The minimum atomic E-state index is -0.357. The molecule has 2 heterocycles. The average Bonchev–Trinajstić information content (AvgIpc) is 3.13. The Morgan fingerprint density at radius 1 is 1.00 bits per heavy atom. The van der Waals surface area contributed by atoms with Gasteiger partial charge in [0.2, 0.25) is 5.95 Å². The molecule has 1 aliphatic rings. The van der Waals surface area contributed by atoms with Gasteiger partial charge in [-0.15, -0.1) is 0 Å². The summed E-state index contributed by atoms with van der Waals surface area (Å²) in [6.45, 7) is 3.91. The van der Waals surface area contributed by atoms with Crippen molar-refractivity contribution in [3.63, 3.8) is 0 Å². The van der Waals surface area contributed by atoms with Gasteiger partial charge in [0.05, 0.1) is 22.6 Å². The number of benzene rings is 3. The zero-order valence-electron chi connectivity index (χ0n) is 17.2. The predicted molar refractivity (Wildman–Crippen MR) is 120 cm³/mol. The molecule has 0 saturated heterocycles. The van der Waals surface area contributed by atoms with Crippen molar-refractivity contribution in [2.45, 2.75) is 19.9 Å². The second kappa shape index (κ2) is 7.40. The number of nitrogens with zero attached hydrogens (tertiary/aromatic N) is 2. The first kappa shape index (κ1) is 19.1. The third-order valence-electron chi connectivity index (χ3n) is 5.57. The number of hydrogen-bond donors (Lipinski definition) is 2. The zero-order valence-corrected chi connectivity index (χ0v) is 17.2. The van der Waals surface area contributed by atoms with Crippen molar-refractivity contribution < 1.29 is 9.18 Å². The molecule has 0 saturated carbocycles. The van der Waals surface area contributed by atoms with Crippen LogP contribution in [0.2, 0.25) is 0 Å². The van der Waals surface area contributed by atoms with E-state index in [-0.39, 0.29) is 17.8 Å². The van der Waals surface area contributed by atoms with E-state index in [9.17, 15) is 9.18 Å². The van der Waals surface area contributed by atoms with Gasteiger partial charge in [-0.25, -0.2) is 9.37 Å². The van der Waals surface area contributed by atoms with Gasteiger partial charge in [-0.1, -0.05) is 42.0 Å². The Morgan fingerprint density at radius 3 is 2.45 bits per heavy atom. The van der Waals surface area contributed by atoms with E-state index >= 15 is 0 Å². The molecule has 0 spiro atoms. The molecule has 2 N–H and O–H groups in total. The number of allylic oxidation sites excluding steroid dienone is 1. The number of anilines is 2. The van der Waals surface area contributed by atoms with Gasteiger partial charge in [-0.05, 0) is 55.8 Å². The zero-order chi connectivity index (χ0) is 21.5. The van der Waals surface area contributed by atoms with E-state index in [1.54, 1.807) is 12.1 Å². The number of rotatable bonds is 3. The summed E-state index contributed by atoms with van der Waals surface area (Å²) >= 11 is 0. The summed E-state index contributed by atoms with van der Waals surface area (Å²) in [5.41, 5.74) is 5.78. The summed E-state index contributed by atoms with van der Waals surface area (Å²) in [7, 11) is 0. The Bertz CT molecular complexity index is 1320. The molecular weight excluding hydrogens is 391 g/mol. The first-order valence-electron chi connectivity index (χ1n) is 10.1. The van der Waals surface area contributed by atoms with Gasteiger partial charge >= 0.3 is 0 Å². The number of aryl methyl sites for hydroxylation is 1. The van der Waals surface area contributed by atoms with Crippen molar-refractivity contribution in [2.75, 3.05) is 10.6 Å². The molecule has 5 rings (SSSR count). The molecule has 0 aliphatic carbocycles. The molecule has 0 fully saturated rings. The third kappa shape index (κ3) is 3.36. The van der Waals surface area contributed by atoms with Gasteiger partial charge in [0.25, 0.3) is 5.91 Å². The maximum Gasteiger partial charge on any atom is 0.255 e. The minimum Gasteiger partial charge on any atom is -0.329 e. The number of carbonyl (C=O) groups excluding carboxylic acids is 1. The van der Waals surface area contributed by atoms with Crippen LogP contribution in [0.1, 0.15) is 24.1 Å². The lowest BCUT2D eigenvalue weighted by molar-refractivity contribution is -0.113. The maximum atomic E-state index is 13.4. The second-order valence-electron chi connectivity index (χ2n) is 7.73. The van der Waals surface area contributed by atoms with Crippen LogP contribution >= 0.6 is 0 Å². The Hall–Kier alpha value is -3.93. The molecule has 1 amide bonds. The molecule has 5 nitrogen and oxygen atoms in total. The highest BCUT2D eigenvalue weighted by molar-refractivity contribution is 6.06. The molecule has 154 valence electrons. The fourth-order valence-corrected chi connectivity index (χ4v) is 4.05. The van der Waals surface area contributed by atoms with Crippen LogP contribution in [0.3, 0.4) is 0 Å². The van der Waals surface area contributed by atoms with E-state index in [1.165, 1.54) is 12.1 Å². The van der Waals surface area contributed by atoms with Crippen LogP contribution in [0, 0.1) is 12.7 Å². The first-order valence-corrected chi connectivity index (χ1v) is 10.1. The summed E-state index contributed by atoms with van der Waals surface area (Å²) in [6.07, 6.45) is 0. The topological polar surface area (TPSA) is 59.0 Å². The van der Waals surface area contributed by atoms with Gasteiger partial charge in [0.1, 0.15) is 5.82 Å². The van der Waals surface area contributed by atoms with E-state index in [0.29, 0.717) is 17.2 Å². The molecule has 1 atom stereocenters. The smallest absolute Gasteiger partial charge is 0.255 e. The molecule has 31 heavy (non-hydrogen) atoms. The van der Waals surface area contributed by atoms with Crippen LogP contribution in [-0.2, 0) is 4.79 Å². The van der Waals surface area contributed by atoms with Crippen molar-refractivity contribution in [1.29, 1.82) is 0 Å². The fourth-order valence-electron chi connectivity index (χ4n) is 4.05. The number of para-hydroxylation sites is 2. The van der Waals surface area contributed by atoms with Gasteiger partial charge in [-0.2, -0.15) is 0 Å². The Morgan fingerprint density at radius 2 is 1.71 bits per heavy atom. The SMILES string of the molecule is CC1=C(C(=O)Nc2ccc(F)cc2)[C@@H](c2ccc(C)cc2)n2c(nc3ccccc32)N1. The minimum absolute atomic E-state index is 0.245. The standard InChI is InChI=1S/C25H21FN4O/c1-15-7-9-17(10-8-15)23-22(24(31)28-19-13-11-18(26)12-14-19)16(2)27-25-29-20-5-3-4-6-21(20)30(23)25/h3-14,23H,1-2H3,(H,27,29)(H,28,31)/t23-/m1/s1. The number of fused-ring (bicyclic) bond motifs is 3. The average molecular weight is 412 g/mol. The number of imidazole rings is 1. The highest BCUT2D eigenvalue weighted by atomic mass is 19.1. The van der Waals surface area contributed by atoms with Crippen molar-refractivity contribution in [3.05, 3.63) is 101 Å². The highest BCUT2D eigenvalue weighted by Crippen LogP contribution is 2.39. The van der Waals surface area contributed by atoms with Gasteiger partial charge < -0.3 is 10.6 Å². The maximum absolute atomic E-state index is 13.4. The van der Waals surface area contributed by atoms with Crippen LogP contribution < -0.4 is 10.6 Å². The fraction of sp³-hybridized carbons (Fsp3) is 0.120. The summed E-state index contributed by atoms with van der Waals surface area (Å²) in [6, 6.07) is 21.5. The van der Waals surface area contributed by atoms with Crippen molar-refractivity contribution in [1.82, 2.24) is 9.55 Å². The van der Waals surface area contributed by atoms with Crippen LogP contribution in [0.5, 0.6) is 0 Å². The number of carbonyl (C=O) groups is 1. The van der Waals surface area contributed by atoms with E-state index < -0.39 is 0 Å². The summed E-state index contributed by atoms with van der Waals surface area (Å²) in [5.74, 6) is 0.105. The Kier molecular flexibility index (Phi) is 4.55. The number of nitrogens with one attached hydrogen (secondary N) is 2. The highest BCUT2D eigenvalue weighted by Gasteiger charge is 2.34. The number of halogens is 1. The summed E-state index contributed by atoms with van der Waals surface area (Å²) in [5, 5.41) is 6.21. The largest absolute Gasteiger partial charge is 0.329 e. The molecule has 3 aromatic carbocycles. The molecule has 4 aromatic rings. The predicted octanol–water partition coefficient (Wildman–Crippen LogP) is 5.41. The lowest BCUT2D eigenvalue weighted by atomic mass is 9.93. The van der Waals surface area contributed by atoms with Gasteiger partial charge in [0.15, 0.2) is 0 Å². The van der Waals surface area contributed by atoms with E-state index in [0.717, 1.165) is 27.9 Å². The molecule has 0 unspecified atom stereocenters. The van der Waals surface area contributed by atoms with Gasteiger partial charge in [0, 0.05) is 11.4 Å². The van der Waals surface area contributed by atoms with Crippen LogP contribution in [0.4, 0.5) is 16.0 Å². The lowest BCUT2D eigenvalue weighted by Gasteiger charge is -2.30. The monoisotopic (exact) mass is 412 g/mol. The Labute approximate surface area is 179 Å². The molecule has 0 radical (unpaired) electrons. The van der Waals surface area contributed by atoms with Crippen LogP contribution in [0.15, 0.2) is 84.1 Å². The van der Waals surface area contributed by atoms with Crippen molar-refractivity contribution >= 4 is 28.6 Å². The van der Waals surface area contributed by atoms with Gasteiger partial charge in [-0.3, -0.25) is 9.36 Å².